The zero-order chi connectivity index (χ0) is 12.5. The molecule has 0 spiro atoms. The molecule has 0 radical (unpaired) electrons. The van der Waals surface area contributed by atoms with E-state index in [-0.39, 0.29) is 12.0 Å². The Morgan fingerprint density at radius 3 is 3.06 bits per heavy atom. The summed E-state index contributed by atoms with van der Waals surface area (Å²) in [5, 5.41) is 5.23. The summed E-state index contributed by atoms with van der Waals surface area (Å²) in [6.45, 7) is 6.05. The first kappa shape index (κ1) is 12.5. The fourth-order valence-corrected chi connectivity index (χ4v) is 2.30. The zero-order valence-electron chi connectivity index (χ0n) is 10.1. The minimum Gasteiger partial charge on any atom is -0.347 e. The maximum Gasteiger partial charge on any atom is 0.225 e. The summed E-state index contributed by atoms with van der Waals surface area (Å²) in [5.41, 5.74) is 0.812. The zero-order valence-corrected chi connectivity index (χ0v) is 11.0. The van der Waals surface area contributed by atoms with Crippen molar-refractivity contribution in [2.24, 2.45) is 0 Å². The fourth-order valence-electron chi connectivity index (χ4n) is 1.53. The third-order valence-corrected chi connectivity index (χ3v) is 3.20. The number of carbonyl (C=O) groups is 1. The van der Waals surface area contributed by atoms with E-state index < -0.39 is 5.79 Å². The summed E-state index contributed by atoms with van der Waals surface area (Å²) in [6, 6.07) is 0. The van der Waals surface area contributed by atoms with E-state index in [0.29, 0.717) is 18.2 Å². The van der Waals surface area contributed by atoms with Crippen molar-refractivity contribution in [2.45, 2.75) is 39.1 Å². The Balaban J connectivity index is 2.01. The van der Waals surface area contributed by atoms with Crippen LogP contribution in [0, 0.1) is 0 Å². The maximum atomic E-state index is 11.2. The Morgan fingerprint density at radius 2 is 2.47 bits per heavy atom. The van der Waals surface area contributed by atoms with Gasteiger partial charge >= 0.3 is 0 Å². The lowest BCUT2D eigenvalue weighted by molar-refractivity contribution is -0.139. The SMILES string of the molecule is CCC(=O)Nc1nc(C2COC(C)(C)O2)cs1. The van der Waals surface area contributed by atoms with Crippen molar-refractivity contribution in [2.75, 3.05) is 11.9 Å². The van der Waals surface area contributed by atoms with Crippen LogP contribution in [-0.2, 0) is 14.3 Å². The van der Waals surface area contributed by atoms with Gasteiger partial charge in [0.15, 0.2) is 10.9 Å². The summed E-state index contributed by atoms with van der Waals surface area (Å²) in [5.74, 6) is -0.587. The van der Waals surface area contributed by atoms with E-state index in [2.05, 4.69) is 10.3 Å². The first-order chi connectivity index (χ1) is 8.00. The second-order valence-electron chi connectivity index (χ2n) is 4.30. The van der Waals surface area contributed by atoms with Crippen molar-refractivity contribution in [3.05, 3.63) is 11.1 Å². The molecule has 17 heavy (non-hydrogen) atoms. The number of nitrogens with one attached hydrogen (secondary N) is 1. The number of nitrogens with zero attached hydrogens (tertiary/aromatic N) is 1. The minimum atomic E-state index is -0.554. The van der Waals surface area contributed by atoms with Crippen molar-refractivity contribution >= 4 is 22.4 Å². The van der Waals surface area contributed by atoms with Crippen molar-refractivity contribution in [3.8, 4) is 0 Å². The van der Waals surface area contributed by atoms with Gasteiger partial charge in [0.1, 0.15) is 6.10 Å². The van der Waals surface area contributed by atoms with E-state index in [1.165, 1.54) is 11.3 Å². The Bertz CT molecular complexity index is 417. The molecule has 1 amide bonds. The Kier molecular flexibility index (Phi) is 3.46. The van der Waals surface area contributed by atoms with Crippen LogP contribution in [-0.4, -0.2) is 23.3 Å². The van der Waals surface area contributed by atoms with E-state index in [1.807, 2.05) is 19.2 Å². The number of hydrogen-bond donors (Lipinski definition) is 1. The van der Waals surface area contributed by atoms with Crippen LogP contribution in [0.5, 0.6) is 0 Å². The smallest absolute Gasteiger partial charge is 0.225 e. The van der Waals surface area contributed by atoms with E-state index in [1.54, 1.807) is 6.92 Å². The molecule has 2 heterocycles. The minimum absolute atomic E-state index is 0.0326. The Morgan fingerprint density at radius 1 is 1.71 bits per heavy atom. The Hall–Kier alpha value is -0.980. The van der Waals surface area contributed by atoms with Crippen LogP contribution >= 0.6 is 11.3 Å². The quantitative estimate of drug-likeness (QED) is 0.901. The van der Waals surface area contributed by atoms with Crippen LogP contribution in [0.3, 0.4) is 0 Å². The summed E-state index contributed by atoms with van der Waals surface area (Å²) in [4.78, 5) is 15.5. The molecule has 1 atom stereocenters. The number of thiazole rings is 1. The normalized spacial score (nSPS) is 22.6. The van der Waals surface area contributed by atoms with Crippen molar-refractivity contribution < 1.29 is 14.3 Å². The van der Waals surface area contributed by atoms with Gasteiger partial charge in [0, 0.05) is 11.8 Å². The molecule has 1 aliphatic heterocycles. The molecule has 1 aromatic heterocycles. The molecule has 2 rings (SSSR count). The highest BCUT2D eigenvalue weighted by Crippen LogP contribution is 2.33. The van der Waals surface area contributed by atoms with Gasteiger partial charge in [-0.15, -0.1) is 11.3 Å². The number of aromatic nitrogens is 1. The van der Waals surface area contributed by atoms with Gasteiger partial charge in [-0.05, 0) is 13.8 Å². The summed E-state index contributed by atoms with van der Waals surface area (Å²) in [7, 11) is 0. The molecule has 1 N–H and O–H groups in total. The molecular weight excluding hydrogens is 240 g/mol. The van der Waals surface area contributed by atoms with Crippen molar-refractivity contribution in [3.63, 3.8) is 0 Å². The van der Waals surface area contributed by atoms with Gasteiger partial charge < -0.3 is 14.8 Å². The van der Waals surface area contributed by atoms with Gasteiger partial charge in [0.05, 0.1) is 12.3 Å². The lowest BCUT2D eigenvalue weighted by atomic mass is 10.3. The molecule has 1 saturated heterocycles. The second kappa shape index (κ2) is 4.72. The van der Waals surface area contributed by atoms with E-state index in [4.69, 9.17) is 9.47 Å². The van der Waals surface area contributed by atoms with Crippen LogP contribution in [0.15, 0.2) is 5.38 Å². The standard InChI is InChI=1S/C11H16N2O3S/c1-4-9(14)13-10-12-7(6-17-10)8-5-15-11(2,3)16-8/h6,8H,4-5H2,1-3H3,(H,12,13,14). The number of ether oxygens (including phenoxy) is 2. The van der Waals surface area contributed by atoms with Crippen LogP contribution in [0.25, 0.3) is 0 Å². The first-order valence-corrected chi connectivity index (χ1v) is 6.45. The van der Waals surface area contributed by atoms with Crippen LogP contribution in [0.4, 0.5) is 5.13 Å². The fraction of sp³-hybridized carbons (Fsp3) is 0.636. The second-order valence-corrected chi connectivity index (χ2v) is 5.15. The predicted octanol–water partition coefficient (Wildman–Crippen LogP) is 2.32. The number of hydrogen-bond acceptors (Lipinski definition) is 5. The number of anilines is 1. The topological polar surface area (TPSA) is 60.5 Å². The van der Waals surface area contributed by atoms with E-state index in [9.17, 15) is 4.79 Å². The van der Waals surface area contributed by atoms with Gasteiger partial charge in [0.2, 0.25) is 5.91 Å². The van der Waals surface area contributed by atoms with Gasteiger partial charge in [-0.1, -0.05) is 6.92 Å². The molecule has 0 saturated carbocycles. The first-order valence-electron chi connectivity index (χ1n) is 5.57. The maximum absolute atomic E-state index is 11.2. The third kappa shape index (κ3) is 3.02. The number of carbonyl (C=O) groups excluding carboxylic acids is 1. The average Bonchev–Trinajstić information content (AvgIpc) is 2.84. The van der Waals surface area contributed by atoms with Crippen molar-refractivity contribution in [1.82, 2.24) is 4.98 Å². The lowest BCUT2D eigenvalue weighted by Crippen LogP contribution is -2.19. The van der Waals surface area contributed by atoms with E-state index in [0.717, 1.165) is 5.69 Å². The molecule has 0 aromatic carbocycles. The molecule has 1 fully saturated rings. The highest BCUT2D eigenvalue weighted by atomic mass is 32.1. The molecule has 6 heteroatoms. The monoisotopic (exact) mass is 256 g/mol. The largest absolute Gasteiger partial charge is 0.347 e. The summed E-state index contributed by atoms with van der Waals surface area (Å²) < 4.78 is 11.2. The molecular formula is C11H16N2O3S. The molecule has 0 bridgehead atoms. The summed E-state index contributed by atoms with van der Waals surface area (Å²) >= 11 is 1.40. The van der Waals surface area contributed by atoms with Gasteiger partial charge in [0.25, 0.3) is 0 Å². The molecule has 94 valence electrons. The van der Waals surface area contributed by atoms with Gasteiger partial charge in [-0.2, -0.15) is 0 Å². The number of rotatable bonds is 3. The lowest BCUT2D eigenvalue weighted by Gasteiger charge is -2.16. The third-order valence-electron chi connectivity index (χ3n) is 2.43. The van der Waals surface area contributed by atoms with Crippen molar-refractivity contribution in [1.29, 1.82) is 0 Å². The van der Waals surface area contributed by atoms with Gasteiger partial charge in [-0.25, -0.2) is 4.98 Å². The predicted molar refractivity (Wildman–Crippen MR) is 64.9 cm³/mol. The summed E-state index contributed by atoms with van der Waals surface area (Å²) in [6.07, 6.45) is 0.305. The molecule has 5 nitrogen and oxygen atoms in total. The molecule has 1 aliphatic rings. The van der Waals surface area contributed by atoms with Crippen LogP contribution in [0.1, 0.15) is 39.0 Å². The van der Waals surface area contributed by atoms with Crippen LogP contribution < -0.4 is 5.32 Å². The molecule has 1 aromatic rings. The average molecular weight is 256 g/mol. The van der Waals surface area contributed by atoms with E-state index >= 15 is 0 Å². The highest BCUT2D eigenvalue weighted by molar-refractivity contribution is 7.13. The van der Waals surface area contributed by atoms with Gasteiger partial charge in [-0.3, -0.25) is 4.79 Å². The Labute approximate surface area is 104 Å². The molecule has 0 aliphatic carbocycles. The van der Waals surface area contributed by atoms with Crippen LogP contribution in [0.2, 0.25) is 0 Å². The number of amides is 1. The highest BCUT2D eigenvalue weighted by Gasteiger charge is 2.34. The molecule has 1 unspecified atom stereocenters.